The second-order valence-electron chi connectivity index (χ2n) is 4.72. The fourth-order valence-electron chi connectivity index (χ4n) is 1.95. The van der Waals surface area contributed by atoms with Gasteiger partial charge in [-0.2, -0.15) is 0 Å². The Balaban J connectivity index is 2.95. The van der Waals surface area contributed by atoms with Crippen LogP contribution in [0.5, 0.6) is 0 Å². The van der Waals surface area contributed by atoms with Gasteiger partial charge in [-0.25, -0.2) is 4.39 Å². The number of halogens is 1. The van der Waals surface area contributed by atoms with Crippen LogP contribution in [0, 0.1) is 12.7 Å². The molecule has 1 atom stereocenters. The smallest absolute Gasteiger partial charge is 0.248 e. The maximum atomic E-state index is 13.8. The van der Waals surface area contributed by atoms with E-state index in [1.54, 1.807) is 20.1 Å². The van der Waals surface area contributed by atoms with Crippen molar-refractivity contribution in [1.29, 1.82) is 0 Å². The number of amides is 1. The lowest BCUT2D eigenvalue weighted by molar-refractivity contribution is 0.1000. The summed E-state index contributed by atoms with van der Waals surface area (Å²) in [5.74, 6) is -1.11. The first-order valence-electron chi connectivity index (χ1n) is 6.55. The SMILES string of the molecule is COCC(CCCN)Nc1cc(C(N)=O)cc(F)c1C. The second-order valence-corrected chi connectivity index (χ2v) is 4.72. The molecule has 0 heterocycles. The predicted molar refractivity (Wildman–Crippen MR) is 77.2 cm³/mol. The Bertz CT molecular complexity index is 466. The van der Waals surface area contributed by atoms with Gasteiger partial charge in [0.1, 0.15) is 5.82 Å². The molecule has 5 N–H and O–H groups in total. The average Bonchev–Trinajstić information content (AvgIpc) is 2.40. The van der Waals surface area contributed by atoms with Gasteiger partial charge in [-0.1, -0.05) is 0 Å². The minimum absolute atomic E-state index is 0.00442. The van der Waals surface area contributed by atoms with Gasteiger partial charge in [0.05, 0.1) is 6.61 Å². The lowest BCUT2D eigenvalue weighted by Crippen LogP contribution is -2.26. The van der Waals surface area contributed by atoms with Gasteiger partial charge in [0.25, 0.3) is 0 Å². The molecule has 1 rings (SSSR count). The van der Waals surface area contributed by atoms with Crippen LogP contribution in [0.25, 0.3) is 0 Å². The number of anilines is 1. The van der Waals surface area contributed by atoms with E-state index in [0.29, 0.717) is 24.4 Å². The molecule has 112 valence electrons. The van der Waals surface area contributed by atoms with Crippen molar-refractivity contribution in [1.82, 2.24) is 0 Å². The molecular weight excluding hydrogens is 261 g/mol. The Morgan fingerprint density at radius 2 is 2.20 bits per heavy atom. The third-order valence-electron chi connectivity index (χ3n) is 3.11. The van der Waals surface area contributed by atoms with Crippen LogP contribution in [0.15, 0.2) is 12.1 Å². The summed E-state index contributed by atoms with van der Waals surface area (Å²) in [7, 11) is 1.60. The number of carbonyl (C=O) groups is 1. The zero-order chi connectivity index (χ0) is 15.1. The van der Waals surface area contributed by atoms with E-state index in [-0.39, 0.29) is 11.6 Å². The van der Waals surface area contributed by atoms with Gasteiger partial charge >= 0.3 is 0 Å². The number of hydrogen-bond acceptors (Lipinski definition) is 4. The molecule has 0 aliphatic carbocycles. The monoisotopic (exact) mass is 283 g/mol. The number of nitrogens with two attached hydrogens (primary N) is 2. The highest BCUT2D eigenvalue weighted by atomic mass is 19.1. The van der Waals surface area contributed by atoms with Crippen LogP contribution in [-0.2, 0) is 4.74 Å². The summed E-state index contributed by atoms with van der Waals surface area (Å²) in [5.41, 5.74) is 11.8. The van der Waals surface area contributed by atoms with Crippen molar-refractivity contribution >= 4 is 11.6 Å². The highest BCUT2D eigenvalue weighted by molar-refractivity contribution is 5.94. The number of primary amides is 1. The molecule has 0 saturated carbocycles. The molecule has 0 spiro atoms. The van der Waals surface area contributed by atoms with Crippen molar-refractivity contribution in [3.63, 3.8) is 0 Å². The minimum atomic E-state index is -0.655. The standard InChI is InChI=1S/C14H22FN3O2/c1-9-12(15)6-10(14(17)19)7-13(9)18-11(8-20-2)4-3-5-16/h6-7,11,18H,3-5,8,16H2,1-2H3,(H2,17,19). The molecule has 1 aromatic carbocycles. The Morgan fingerprint density at radius 3 is 2.75 bits per heavy atom. The molecule has 20 heavy (non-hydrogen) atoms. The van der Waals surface area contributed by atoms with E-state index in [0.717, 1.165) is 18.9 Å². The van der Waals surface area contributed by atoms with Crippen molar-refractivity contribution in [2.45, 2.75) is 25.8 Å². The number of benzene rings is 1. The van der Waals surface area contributed by atoms with E-state index in [1.807, 2.05) is 0 Å². The van der Waals surface area contributed by atoms with Crippen LogP contribution in [0.3, 0.4) is 0 Å². The maximum Gasteiger partial charge on any atom is 0.248 e. The topological polar surface area (TPSA) is 90.4 Å². The number of ether oxygens (including phenoxy) is 1. The number of carbonyl (C=O) groups excluding carboxylic acids is 1. The lowest BCUT2D eigenvalue weighted by Gasteiger charge is -2.21. The highest BCUT2D eigenvalue weighted by Gasteiger charge is 2.14. The summed E-state index contributed by atoms with van der Waals surface area (Å²) in [4.78, 5) is 11.2. The predicted octanol–water partition coefficient (Wildman–Crippen LogP) is 1.40. The molecule has 0 fully saturated rings. The van der Waals surface area contributed by atoms with Crippen molar-refractivity contribution in [2.75, 3.05) is 25.6 Å². The average molecular weight is 283 g/mol. The summed E-state index contributed by atoms with van der Waals surface area (Å²) >= 11 is 0. The van der Waals surface area contributed by atoms with Crippen LogP contribution < -0.4 is 16.8 Å². The number of hydrogen-bond donors (Lipinski definition) is 3. The summed E-state index contributed by atoms with van der Waals surface area (Å²) in [6, 6.07) is 2.71. The summed E-state index contributed by atoms with van der Waals surface area (Å²) < 4.78 is 18.9. The van der Waals surface area contributed by atoms with Gasteiger partial charge < -0.3 is 21.5 Å². The van der Waals surface area contributed by atoms with E-state index in [9.17, 15) is 9.18 Å². The molecular formula is C14H22FN3O2. The molecule has 5 nitrogen and oxygen atoms in total. The van der Waals surface area contributed by atoms with Gasteiger partial charge in [0.15, 0.2) is 0 Å². The quantitative estimate of drug-likeness (QED) is 0.672. The van der Waals surface area contributed by atoms with Crippen molar-refractivity contribution < 1.29 is 13.9 Å². The number of nitrogens with one attached hydrogen (secondary N) is 1. The van der Waals surface area contributed by atoms with Gasteiger partial charge in [-0.05, 0) is 38.4 Å². The van der Waals surface area contributed by atoms with Gasteiger partial charge in [-0.15, -0.1) is 0 Å². The molecule has 1 amide bonds. The van der Waals surface area contributed by atoms with E-state index < -0.39 is 11.7 Å². The maximum absolute atomic E-state index is 13.8. The molecule has 0 aliphatic rings. The van der Waals surface area contributed by atoms with Gasteiger partial charge in [0.2, 0.25) is 5.91 Å². The summed E-state index contributed by atoms with van der Waals surface area (Å²) in [6.45, 7) is 2.70. The minimum Gasteiger partial charge on any atom is -0.383 e. The van der Waals surface area contributed by atoms with Crippen LogP contribution in [0.1, 0.15) is 28.8 Å². The molecule has 6 heteroatoms. The van der Waals surface area contributed by atoms with E-state index in [2.05, 4.69) is 5.32 Å². The van der Waals surface area contributed by atoms with Crippen LogP contribution >= 0.6 is 0 Å². The van der Waals surface area contributed by atoms with Crippen LogP contribution in [-0.4, -0.2) is 32.2 Å². The van der Waals surface area contributed by atoms with Crippen molar-refractivity contribution in [2.24, 2.45) is 11.5 Å². The number of rotatable bonds is 8. The molecule has 1 aromatic rings. The van der Waals surface area contributed by atoms with E-state index in [4.69, 9.17) is 16.2 Å². The first-order valence-corrected chi connectivity index (χ1v) is 6.55. The number of methoxy groups -OCH3 is 1. The van der Waals surface area contributed by atoms with E-state index >= 15 is 0 Å². The Labute approximate surface area is 118 Å². The molecule has 0 saturated heterocycles. The third-order valence-corrected chi connectivity index (χ3v) is 3.11. The zero-order valence-corrected chi connectivity index (χ0v) is 11.9. The molecule has 0 aromatic heterocycles. The first kappa shape index (κ1) is 16.4. The van der Waals surface area contributed by atoms with E-state index in [1.165, 1.54) is 0 Å². The molecule has 1 unspecified atom stereocenters. The first-order chi connectivity index (χ1) is 9.49. The summed E-state index contributed by atoms with van der Waals surface area (Å²) in [6.07, 6.45) is 1.63. The fourth-order valence-corrected chi connectivity index (χ4v) is 1.95. The molecule has 0 radical (unpaired) electrons. The Morgan fingerprint density at radius 1 is 1.50 bits per heavy atom. The largest absolute Gasteiger partial charge is 0.383 e. The second kappa shape index (κ2) is 7.81. The van der Waals surface area contributed by atoms with Crippen LogP contribution in [0.4, 0.5) is 10.1 Å². The highest BCUT2D eigenvalue weighted by Crippen LogP contribution is 2.22. The van der Waals surface area contributed by atoms with Crippen molar-refractivity contribution in [3.05, 3.63) is 29.1 Å². The van der Waals surface area contributed by atoms with Crippen molar-refractivity contribution in [3.8, 4) is 0 Å². The fraction of sp³-hybridized carbons (Fsp3) is 0.500. The normalized spacial score (nSPS) is 12.2. The van der Waals surface area contributed by atoms with Gasteiger partial charge in [-0.3, -0.25) is 4.79 Å². The van der Waals surface area contributed by atoms with Gasteiger partial charge in [0, 0.05) is 30.0 Å². The Hall–Kier alpha value is -1.66. The molecule has 0 aliphatic heterocycles. The molecule has 0 bridgehead atoms. The summed E-state index contributed by atoms with van der Waals surface area (Å²) in [5, 5.41) is 3.19. The lowest BCUT2D eigenvalue weighted by atomic mass is 10.1. The third kappa shape index (κ3) is 4.47. The Kier molecular flexibility index (Phi) is 6.41. The van der Waals surface area contributed by atoms with Crippen LogP contribution in [0.2, 0.25) is 0 Å². The zero-order valence-electron chi connectivity index (χ0n) is 11.9.